The molecule has 60 valence electrons. The minimum absolute atomic E-state index is 0.256. The Labute approximate surface area is 71.5 Å². The van der Waals surface area contributed by atoms with Gasteiger partial charge in [0.1, 0.15) is 0 Å². The van der Waals surface area contributed by atoms with Crippen LogP contribution in [0.2, 0.25) is 0 Å². The molecule has 12 heavy (non-hydrogen) atoms. The Hall–Kier alpha value is -1.11. The molecule has 4 aliphatic carbocycles. The lowest BCUT2D eigenvalue weighted by Crippen LogP contribution is -2.24. The molecule has 1 heteroatoms. The molecule has 4 aliphatic rings. The molecule has 1 unspecified atom stereocenters. The van der Waals surface area contributed by atoms with Gasteiger partial charge in [0.2, 0.25) is 0 Å². The van der Waals surface area contributed by atoms with Gasteiger partial charge >= 0.3 is 0 Å². The summed E-state index contributed by atoms with van der Waals surface area (Å²) in [6.07, 6.45) is 9.25. The summed E-state index contributed by atoms with van der Waals surface area (Å²) < 4.78 is 0. The highest BCUT2D eigenvalue weighted by molar-refractivity contribution is 6.06. The van der Waals surface area contributed by atoms with E-state index in [4.69, 9.17) is 0 Å². The number of carbonyl (C=O) groups is 1. The third kappa shape index (κ3) is 0.663. The molecule has 2 bridgehead atoms. The van der Waals surface area contributed by atoms with Crippen LogP contribution in [0.15, 0.2) is 34.9 Å². The summed E-state index contributed by atoms with van der Waals surface area (Å²) in [5, 5.41) is 0. The molecule has 0 amide bonds. The lowest BCUT2D eigenvalue weighted by molar-refractivity contribution is -0.111. The molecule has 1 atom stereocenters. The molecule has 0 aromatic heterocycles. The Bertz CT molecular complexity index is 351. The van der Waals surface area contributed by atoms with Crippen molar-refractivity contribution >= 4 is 5.78 Å². The van der Waals surface area contributed by atoms with Gasteiger partial charge in [0, 0.05) is 5.57 Å². The Balaban J connectivity index is 2.11. The second-order valence-electron chi connectivity index (χ2n) is 3.79. The van der Waals surface area contributed by atoms with E-state index in [9.17, 15) is 4.79 Å². The average Bonchev–Trinajstić information content (AvgIpc) is 2.02. The Morgan fingerprint density at radius 1 is 1.25 bits per heavy atom. The van der Waals surface area contributed by atoms with Gasteiger partial charge in [-0.15, -0.1) is 0 Å². The van der Waals surface area contributed by atoms with Crippen molar-refractivity contribution in [2.75, 3.05) is 0 Å². The smallest absolute Gasteiger partial charge is 0.181 e. The molecule has 0 aromatic rings. The standard InChI is InChI=1S/C11H10O/c12-11-3-1-2-9-8-4-7(5-8)6-10(9)11/h1,3-4,7H,2,5-6H2. The van der Waals surface area contributed by atoms with Crippen LogP contribution in [0.25, 0.3) is 0 Å². The van der Waals surface area contributed by atoms with Crippen LogP contribution in [-0.2, 0) is 4.79 Å². The first-order valence-electron chi connectivity index (χ1n) is 4.48. The molecule has 0 spiro atoms. The molecule has 0 heterocycles. The lowest BCUT2D eigenvalue weighted by atomic mass is 9.68. The summed E-state index contributed by atoms with van der Waals surface area (Å²) in [5.41, 5.74) is 3.88. The summed E-state index contributed by atoms with van der Waals surface area (Å²) >= 11 is 0. The lowest BCUT2D eigenvalue weighted by Gasteiger charge is -2.36. The molecule has 0 saturated heterocycles. The molecule has 0 aliphatic heterocycles. The van der Waals surface area contributed by atoms with Crippen LogP contribution >= 0.6 is 0 Å². The summed E-state index contributed by atoms with van der Waals surface area (Å²) in [5.74, 6) is 0.945. The van der Waals surface area contributed by atoms with Gasteiger partial charge in [-0.3, -0.25) is 4.79 Å². The minimum atomic E-state index is 0.256. The molecule has 0 radical (unpaired) electrons. The molecule has 4 rings (SSSR count). The first-order valence-corrected chi connectivity index (χ1v) is 4.48. The summed E-state index contributed by atoms with van der Waals surface area (Å²) in [7, 11) is 0. The van der Waals surface area contributed by atoms with E-state index in [2.05, 4.69) is 6.08 Å². The molecule has 0 N–H and O–H groups in total. The maximum Gasteiger partial charge on any atom is 0.181 e. The minimum Gasteiger partial charge on any atom is -0.290 e. The fourth-order valence-electron chi connectivity index (χ4n) is 2.36. The van der Waals surface area contributed by atoms with Crippen molar-refractivity contribution in [3.05, 3.63) is 34.9 Å². The van der Waals surface area contributed by atoms with Gasteiger partial charge in [0.25, 0.3) is 0 Å². The van der Waals surface area contributed by atoms with Gasteiger partial charge in [-0.25, -0.2) is 0 Å². The average molecular weight is 158 g/mol. The SMILES string of the molecule is O=C1C=CCC2=C1CC1C=C2C1. The van der Waals surface area contributed by atoms with E-state index >= 15 is 0 Å². The summed E-state index contributed by atoms with van der Waals surface area (Å²) in [6, 6.07) is 0. The van der Waals surface area contributed by atoms with Gasteiger partial charge in [0.05, 0.1) is 0 Å². The molecular weight excluding hydrogens is 148 g/mol. The van der Waals surface area contributed by atoms with Crippen LogP contribution in [0, 0.1) is 5.92 Å². The van der Waals surface area contributed by atoms with Crippen LogP contribution in [0.1, 0.15) is 19.3 Å². The normalized spacial score (nSPS) is 31.2. The van der Waals surface area contributed by atoms with Gasteiger partial charge in [-0.2, -0.15) is 0 Å². The number of ketones is 1. The van der Waals surface area contributed by atoms with Gasteiger partial charge in [0.15, 0.2) is 5.78 Å². The second-order valence-corrected chi connectivity index (χ2v) is 3.79. The quantitative estimate of drug-likeness (QED) is 0.528. The maximum atomic E-state index is 11.4. The van der Waals surface area contributed by atoms with Crippen molar-refractivity contribution in [1.82, 2.24) is 0 Å². The summed E-state index contributed by atoms with van der Waals surface area (Å²) in [6.45, 7) is 0. The largest absolute Gasteiger partial charge is 0.290 e. The zero-order chi connectivity index (χ0) is 8.13. The predicted octanol–water partition coefficient (Wildman–Crippen LogP) is 2.16. The van der Waals surface area contributed by atoms with E-state index in [1.807, 2.05) is 6.08 Å². The van der Waals surface area contributed by atoms with E-state index in [0.717, 1.165) is 18.4 Å². The molecule has 0 saturated carbocycles. The first-order chi connectivity index (χ1) is 5.84. The van der Waals surface area contributed by atoms with E-state index in [1.165, 1.54) is 17.6 Å². The van der Waals surface area contributed by atoms with Crippen LogP contribution in [0.4, 0.5) is 0 Å². The molecule has 0 aromatic carbocycles. The van der Waals surface area contributed by atoms with Crippen LogP contribution < -0.4 is 0 Å². The monoisotopic (exact) mass is 158 g/mol. The van der Waals surface area contributed by atoms with Crippen LogP contribution in [0.3, 0.4) is 0 Å². The maximum absolute atomic E-state index is 11.4. The highest BCUT2D eigenvalue weighted by Gasteiger charge is 2.33. The predicted molar refractivity (Wildman–Crippen MR) is 46.6 cm³/mol. The highest BCUT2D eigenvalue weighted by Crippen LogP contribution is 2.45. The zero-order valence-electron chi connectivity index (χ0n) is 6.84. The Morgan fingerprint density at radius 2 is 2.08 bits per heavy atom. The van der Waals surface area contributed by atoms with Crippen molar-refractivity contribution in [3.63, 3.8) is 0 Å². The van der Waals surface area contributed by atoms with Crippen molar-refractivity contribution < 1.29 is 4.79 Å². The van der Waals surface area contributed by atoms with E-state index in [0.29, 0.717) is 5.92 Å². The topological polar surface area (TPSA) is 17.1 Å². The van der Waals surface area contributed by atoms with E-state index in [-0.39, 0.29) is 5.78 Å². The van der Waals surface area contributed by atoms with Crippen molar-refractivity contribution in [3.8, 4) is 0 Å². The van der Waals surface area contributed by atoms with Crippen LogP contribution in [0.5, 0.6) is 0 Å². The highest BCUT2D eigenvalue weighted by atomic mass is 16.1. The number of hydrogen-bond acceptors (Lipinski definition) is 1. The van der Waals surface area contributed by atoms with Gasteiger partial charge in [-0.1, -0.05) is 12.2 Å². The van der Waals surface area contributed by atoms with Gasteiger partial charge < -0.3 is 0 Å². The van der Waals surface area contributed by atoms with E-state index in [1.54, 1.807) is 6.08 Å². The molecular formula is C11H10O. The molecule has 0 fully saturated rings. The molecule has 1 nitrogen and oxygen atoms in total. The summed E-state index contributed by atoms with van der Waals surface area (Å²) in [4.78, 5) is 11.4. The van der Waals surface area contributed by atoms with Crippen molar-refractivity contribution in [2.45, 2.75) is 19.3 Å². The van der Waals surface area contributed by atoms with Crippen LogP contribution in [-0.4, -0.2) is 5.78 Å². The van der Waals surface area contributed by atoms with Gasteiger partial charge in [-0.05, 0) is 42.4 Å². The third-order valence-electron chi connectivity index (χ3n) is 3.03. The first kappa shape index (κ1) is 6.41. The Kier molecular flexibility index (Phi) is 1.06. The van der Waals surface area contributed by atoms with Crippen molar-refractivity contribution in [1.29, 1.82) is 0 Å². The number of hydrogen-bond donors (Lipinski definition) is 0. The number of allylic oxidation sites excluding steroid dienone is 6. The van der Waals surface area contributed by atoms with Crippen molar-refractivity contribution in [2.24, 2.45) is 5.92 Å². The second kappa shape index (κ2) is 1.98. The Morgan fingerprint density at radius 3 is 2.83 bits per heavy atom. The number of rotatable bonds is 0. The zero-order valence-corrected chi connectivity index (χ0v) is 6.84. The fraction of sp³-hybridized carbons (Fsp3) is 0.364. The fourth-order valence-corrected chi connectivity index (χ4v) is 2.36. The van der Waals surface area contributed by atoms with E-state index < -0.39 is 0 Å². The number of carbonyl (C=O) groups excluding carboxylic acids is 1. The third-order valence-corrected chi connectivity index (χ3v) is 3.03.